The van der Waals surface area contributed by atoms with Crippen molar-refractivity contribution in [2.45, 2.75) is 6.92 Å². The van der Waals surface area contributed by atoms with Crippen LogP contribution in [0.3, 0.4) is 0 Å². The summed E-state index contributed by atoms with van der Waals surface area (Å²) in [5.74, 6) is -1.14. The van der Waals surface area contributed by atoms with Gasteiger partial charge in [-0.05, 0) is 48.9 Å². The zero-order valence-electron chi connectivity index (χ0n) is 15.5. The predicted molar refractivity (Wildman–Crippen MR) is 111 cm³/mol. The Bertz CT molecular complexity index is 1170. The molecule has 0 bridgehead atoms. The first-order valence-corrected chi connectivity index (χ1v) is 9.61. The van der Waals surface area contributed by atoms with E-state index in [1.807, 2.05) is 24.3 Å². The van der Waals surface area contributed by atoms with E-state index in [1.165, 1.54) is 24.2 Å². The third kappa shape index (κ3) is 4.44. The fourth-order valence-corrected chi connectivity index (χ4v) is 3.73. The Balaban J connectivity index is 1.37. The molecule has 1 amide bonds. The molecule has 0 saturated carbocycles. The molecule has 0 spiro atoms. The van der Waals surface area contributed by atoms with Crippen LogP contribution < -0.4 is 5.32 Å². The fraction of sp³-hybridized carbons (Fsp3) is 0.0952. The number of rotatable bonds is 5. The quantitative estimate of drug-likeness (QED) is 0.508. The average molecular weight is 404 g/mol. The van der Waals surface area contributed by atoms with Gasteiger partial charge in [0.2, 0.25) is 0 Å². The van der Waals surface area contributed by atoms with Crippen LogP contribution in [0, 0.1) is 6.92 Å². The Morgan fingerprint density at radius 3 is 2.69 bits per heavy atom. The second kappa shape index (κ2) is 8.15. The maximum atomic E-state index is 12.0. The van der Waals surface area contributed by atoms with Gasteiger partial charge in [0, 0.05) is 23.6 Å². The summed E-state index contributed by atoms with van der Waals surface area (Å²) < 4.78 is 6.08. The average Bonchev–Trinajstić information content (AvgIpc) is 3.16. The van der Waals surface area contributed by atoms with Gasteiger partial charge in [0.25, 0.3) is 5.91 Å². The number of nitrogens with one attached hydrogen (secondary N) is 1. The third-order valence-corrected chi connectivity index (χ3v) is 5.13. The lowest BCUT2D eigenvalue weighted by molar-refractivity contribution is -0.119. The number of hydrogen-bond donors (Lipinski definition) is 1. The minimum atomic E-state index is -0.699. The van der Waals surface area contributed by atoms with Crippen molar-refractivity contribution in [2.24, 2.45) is 0 Å². The number of fused-ring (bicyclic) bond motifs is 1. The van der Waals surface area contributed by atoms with E-state index in [0.29, 0.717) is 5.69 Å². The molecular weight excluding hydrogens is 388 g/mol. The first-order chi connectivity index (χ1) is 14.1. The maximum absolute atomic E-state index is 12.0. The molecule has 0 aliphatic heterocycles. The van der Waals surface area contributed by atoms with E-state index in [2.05, 4.69) is 33.3 Å². The monoisotopic (exact) mass is 404 g/mol. The highest BCUT2D eigenvalue weighted by atomic mass is 32.1. The zero-order chi connectivity index (χ0) is 20.2. The number of anilines is 1. The molecule has 0 fully saturated rings. The van der Waals surface area contributed by atoms with Crippen LogP contribution in [-0.2, 0) is 9.53 Å². The van der Waals surface area contributed by atoms with Gasteiger partial charge in [0.05, 0.1) is 16.4 Å². The number of ether oxygens (including phenoxy) is 1. The van der Waals surface area contributed by atoms with Gasteiger partial charge in [-0.15, -0.1) is 11.3 Å². The maximum Gasteiger partial charge on any atom is 0.359 e. The number of amides is 1. The first kappa shape index (κ1) is 18.7. The number of aromatic nitrogens is 3. The van der Waals surface area contributed by atoms with Crippen molar-refractivity contribution in [1.29, 1.82) is 0 Å². The Kier molecular flexibility index (Phi) is 5.26. The standard InChI is InChI=1S/C21H16N4O3S/c1-13-2-7-16-18(10-13)29-20(25-16)14-3-5-15(6-4-14)24-19(26)12-28-21(27)17-11-22-8-9-23-17/h2-11H,12H2,1H3,(H,24,26). The van der Waals surface area contributed by atoms with Gasteiger partial charge in [-0.25, -0.2) is 14.8 Å². The normalized spacial score (nSPS) is 10.7. The number of benzene rings is 2. The van der Waals surface area contributed by atoms with E-state index in [4.69, 9.17) is 4.74 Å². The molecule has 4 aromatic rings. The van der Waals surface area contributed by atoms with Crippen LogP contribution in [-0.4, -0.2) is 33.4 Å². The van der Waals surface area contributed by atoms with E-state index in [0.717, 1.165) is 20.8 Å². The summed E-state index contributed by atoms with van der Waals surface area (Å²) in [5.41, 5.74) is 3.79. The molecule has 0 saturated heterocycles. The van der Waals surface area contributed by atoms with Crippen LogP contribution in [0.2, 0.25) is 0 Å². The number of esters is 1. The Labute approximate surface area is 170 Å². The molecule has 0 radical (unpaired) electrons. The molecule has 8 heteroatoms. The number of nitrogens with zero attached hydrogens (tertiary/aromatic N) is 3. The summed E-state index contributed by atoms with van der Waals surface area (Å²) in [6, 6.07) is 13.5. The van der Waals surface area contributed by atoms with Crippen molar-refractivity contribution < 1.29 is 14.3 Å². The number of hydrogen-bond acceptors (Lipinski definition) is 7. The molecule has 2 heterocycles. The molecule has 4 rings (SSSR count). The summed E-state index contributed by atoms with van der Waals surface area (Å²) in [4.78, 5) is 36.1. The molecule has 29 heavy (non-hydrogen) atoms. The van der Waals surface area contributed by atoms with Gasteiger partial charge in [0.15, 0.2) is 12.3 Å². The molecule has 2 aromatic carbocycles. The van der Waals surface area contributed by atoms with E-state index in [1.54, 1.807) is 23.5 Å². The van der Waals surface area contributed by atoms with Crippen molar-refractivity contribution >= 4 is 39.1 Å². The van der Waals surface area contributed by atoms with Crippen LogP contribution in [0.1, 0.15) is 16.1 Å². The van der Waals surface area contributed by atoms with Crippen LogP contribution in [0.5, 0.6) is 0 Å². The fourth-order valence-electron chi connectivity index (χ4n) is 2.66. The van der Waals surface area contributed by atoms with E-state index in [-0.39, 0.29) is 5.69 Å². The Morgan fingerprint density at radius 2 is 1.93 bits per heavy atom. The third-order valence-electron chi connectivity index (χ3n) is 4.07. The van der Waals surface area contributed by atoms with Gasteiger partial charge >= 0.3 is 5.97 Å². The minimum absolute atomic E-state index is 0.0516. The lowest BCUT2D eigenvalue weighted by Crippen LogP contribution is -2.21. The predicted octanol–water partition coefficient (Wildman–Crippen LogP) is 3.86. The molecule has 2 aromatic heterocycles. The summed E-state index contributed by atoms with van der Waals surface area (Å²) in [7, 11) is 0. The van der Waals surface area contributed by atoms with Crippen molar-refractivity contribution in [3.05, 3.63) is 72.3 Å². The van der Waals surface area contributed by atoms with E-state index in [9.17, 15) is 9.59 Å². The van der Waals surface area contributed by atoms with Crippen molar-refractivity contribution in [3.63, 3.8) is 0 Å². The number of thiazole rings is 1. The van der Waals surface area contributed by atoms with Crippen LogP contribution in [0.4, 0.5) is 5.69 Å². The number of aryl methyl sites for hydroxylation is 1. The highest BCUT2D eigenvalue weighted by Crippen LogP contribution is 2.31. The first-order valence-electron chi connectivity index (χ1n) is 8.79. The van der Waals surface area contributed by atoms with Gasteiger partial charge in [-0.2, -0.15) is 0 Å². The number of carbonyl (C=O) groups excluding carboxylic acids is 2. The van der Waals surface area contributed by atoms with Gasteiger partial charge in [-0.3, -0.25) is 9.78 Å². The van der Waals surface area contributed by atoms with Crippen molar-refractivity contribution in [3.8, 4) is 10.6 Å². The second-order valence-corrected chi connectivity index (χ2v) is 7.31. The van der Waals surface area contributed by atoms with Crippen LogP contribution >= 0.6 is 11.3 Å². The lowest BCUT2D eigenvalue weighted by Gasteiger charge is -2.06. The van der Waals surface area contributed by atoms with Crippen LogP contribution in [0.15, 0.2) is 61.1 Å². The highest BCUT2D eigenvalue weighted by Gasteiger charge is 2.12. The molecule has 7 nitrogen and oxygen atoms in total. The van der Waals surface area contributed by atoms with Gasteiger partial charge in [0.1, 0.15) is 5.01 Å². The second-order valence-electron chi connectivity index (χ2n) is 6.28. The molecule has 1 N–H and O–H groups in total. The Hall–Kier alpha value is -3.65. The molecule has 144 valence electrons. The summed E-state index contributed by atoms with van der Waals surface area (Å²) in [5, 5.41) is 3.61. The van der Waals surface area contributed by atoms with E-state index < -0.39 is 18.5 Å². The Morgan fingerprint density at radius 1 is 1.10 bits per heavy atom. The molecule has 0 aliphatic carbocycles. The van der Waals surface area contributed by atoms with Gasteiger partial charge < -0.3 is 10.1 Å². The zero-order valence-corrected chi connectivity index (χ0v) is 16.3. The summed E-state index contributed by atoms with van der Waals surface area (Å²) >= 11 is 1.63. The molecule has 0 atom stereocenters. The topological polar surface area (TPSA) is 94.1 Å². The van der Waals surface area contributed by atoms with Crippen molar-refractivity contribution in [2.75, 3.05) is 11.9 Å². The molecule has 0 unspecified atom stereocenters. The summed E-state index contributed by atoms with van der Waals surface area (Å²) in [6.07, 6.45) is 4.11. The van der Waals surface area contributed by atoms with Crippen LogP contribution in [0.25, 0.3) is 20.8 Å². The smallest absolute Gasteiger partial charge is 0.359 e. The molecule has 0 aliphatic rings. The number of carbonyl (C=O) groups is 2. The molecular formula is C21H16N4O3S. The largest absolute Gasteiger partial charge is 0.451 e. The van der Waals surface area contributed by atoms with Crippen molar-refractivity contribution in [1.82, 2.24) is 15.0 Å². The SMILES string of the molecule is Cc1ccc2nc(-c3ccc(NC(=O)COC(=O)c4cnccn4)cc3)sc2c1. The lowest BCUT2D eigenvalue weighted by atomic mass is 10.2. The minimum Gasteiger partial charge on any atom is -0.451 e. The summed E-state index contributed by atoms with van der Waals surface area (Å²) in [6.45, 7) is 1.65. The van der Waals surface area contributed by atoms with E-state index >= 15 is 0 Å². The highest BCUT2D eigenvalue weighted by molar-refractivity contribution is 7.21. The van der Waals surface area contributed by atoms with Gasteiger partial charge in [-0.1, -0.05) is 6.07 Å².